The smallest absolute Gasteiger partial charge is 0.262 e. The number of para-hydroxylation sites is 1. The van der Waals surface area contributed by atoms with Gasteiger partial charge in [0.1, 0.15) is 4.99 Å². The number of amides is 1. The second-order valence-electron chi connectivity index (χ2n) is 3.85. The van der Waals surface area contributed by atoms with Crippen LogP contribution in [0.4, 0.5) is 5.69 Å². The number of furan rings is 1. The van der Waals surface area contributed by atoms with Crippen LogP contribution in [-0.2, 0) is 0 Å². The van der Waals surface area contributed by atoms with Crippen LogP contribution in [-0.4, -0.2) is 17.9 Å². The van der Waals surface area contributed by atoms with E-state index >= 15 is 0 Å². The number of nitrogens with two attached hydrogens (primary N) is 1. The van der Waals surface area contributed by atoms with Crippen LogP contribution in [0, 0.1) is 0 Å². The van der Waals surface area contributed by atoms with Crippen molar-refractivity contribution in [3.63, 3.8) is 0 Å². The minimum absolute atomic E-state index is 0.204. The second-order valence-corrected chi connectivity index (χ2v) is 5.01. The van der Waals surface area contributed by atoms with E-state index < -0.39 is 0 Å². The molecule has 0 aliphatic carbocycles. The number of hydrogen-bond acceptors (Lipinski definition) is 3. The van der Waals surface area contributed by atoms with Crippen LogP contribution in [0.5, 0.6) is 0 Å². The van der Waals surface area contributed by atoms with E-state index in [9.17, 15) is 4.79 Å². The van der Waals surface area contributed by atoms with Gasteiger partial charge >= 0.3 is 0 Å². The standard InChI is InChI=1S/C13H11BrN2O2S/c1-16(13(17)9-6-7-18-11(9)14)10-5-3-2-4-8(10)12(15)19/h2-7H,1H3,(H2,15,19). The topological polar surface area (TPSA) is 59.5 Å². The quantitative estimate of drug-likeness (QED) is 0.874. The molecule has 4 nitrogen and oxygen atoms in total. The van der Waals surface area contributed by atoms with Gasteiger partial charge in [0, 0.05) is 12.6 Å². The number of benzene rings is 1. The molecule has 2 N–H and O–H groups in total. The molecule has 1 aromatic carbocycles. The molecule has 6 heteroatoms. The maximum Gasteiger partial charge on any atom is 0.262 e. The van der Waals surface area contributed by atoms with Crippen molar-refractivity contribution in [3.05, 3.63) is 52.4 Å². The zero-order chi connectivity index (χ0) is 14.0. The summed E-state index contributed by atoms with van der Waals surface area (Å²) in [4.78, 5) is 14.1. The molecule has 0 spiro atoms. The molecule has 0 fully saturated rings. The molecule has 0 atom stereocenters. The van der Waals surface area contributed by atoms with E-state index in [0.29, 0.717) is 21.5 Å². The van der Waals surface area contributed by atoms with Gasteiger partial charge in [-0.15, -0.1) is 0 Å². The number of hydrogen-bond donors (Lipinski definition) is 1. The van der Waals surface area contributed by atoms with Gasteiger partial charge < -0.3 is 15.1 Å². The van der Waals surface area contributed by atoms with Crippen LogP contribution in [0.2, 0.25) is 0 Å². The van der Waals surface area contributed by atoms with E-state index in [1.54, 1.807) is 25.2 Å². The van der Waals surface area contributed by atoms with Crippen molar-refractivity contribution in [1.82, 2.24) is 0 Å². The Kier molecular flexibility index (Phi) is 4.01. The molecule has 1 heterocycles. The molecule has 0 unspecified atom stereocenters. The molecule has 1 aromatic heterocycles. The van der Waals surface area contributed by atoms with Crippen LogP contribution in [0.15, 0.2) is 45.7 Å². The first-order valence-corrected chi connectivity index (χ1v) is 6.62. The van der Waals surface area contributed by atoms with Gasteiger partial charge in [-0.05, 0) is 34.1 Å². The van der Waals surface area contributed by atoms with Crippen LogP contribution in [0.25, 0.3) is 0 Å². The third-order valence-electron chi connectivity index (χ3n) is 2.68. The van der Waals surface area contributed by atoms with Crippen LogP contribution < -0.4 is 10.6 Å². The predicted octanol–water partition coefficient (Wildman–Crippen LogP) is 2.95. The maximum absolute atomic E-state index is 12.4. The third-order valence-corrected chi connectivity index (χ3v) is 3.52. The van der Waals surface area contributed by atoms with Gasteiger partial charge in [0.05, 0.1) is 17.5 Å². The molecule has 0 saturated carbocycles. The fourth-order valence-electron chi connectivity index (χ4n) is 1.71. The van der Waals surface area contributed by atoms with Crippen molar-refractivity contribution in [2.24, 2.45) is 5.73 Å². The normalized spacial score (nSPS) is 10.2. The fourth-order valence-corrected chi connectivity index (χ4v) is 2.29. The highest BCUT2D eigenvalue weighted by molar-refractivity contribution is 9.10. The molecule has 19 heavy (non-hydrogen) atoms. The Morgan fingerprint density at radius 1 is 1.32 bits per heavy atom. The van der Waals surface area contributed by atoms with Gasteiger partial charge in [0.25, 0.3) is 5.91 Å². The Hall–Kier alpha value is -1.66. The summed E-state index contributed by atoms with van der Waals surface area (Å²) < 4.78 is 5.47. The van der Waals surface area contributed by atoms with Crippen molar-refractivity contribution >= 4 is 44.7 Å². The zero-order valence-corrected chi connectivity index (χ0v) is 12.5. The lowest BCUT2D eigenvalue weighted by molar-refractivity contribution is 0.0991. The lowest BCUT2D eigenvalue weighted by Gasteiger charge is -2.19. The summed E-state index contributed by atoms with van der Waals surface area (Å²) in [5.41, 5.74) is 7.43. The number of carbonyl (C=O) groups is 1. The Bertz CT molecular complexity index is 639. The Morgan fingerprint density at radius 2 is 2.00 bits per heavy atom. The van der Waals surface area contributed by atoms with E-state index in [1.807, 2.05) is 12.1 Å². The third kappa shape index (κ3) is 2.69. The molecule has 2 rings (SSSR count). The first kappa shape index (κ1) is 13.8. The Labute approximate surface area is 124 Å². The second kappa shape index (κ2) is 5.54. The van der Waals surface area contributed by atoms with Crippen molar-refractivity contribution in [2.75, 3.05) is 11.9 Å². The Morgan fingerprint density at radius 3 is 2.58 bits per heavy atom. The Balaban J connectivity index is 2.40. The van der Waals surface area contributed by atoms with E-state index in [4.69, 9.17) is 22.4 Å². The fraction of sp³-hybridized carbons (Fsp3) is 0.0769. The van der Waals surface area contributed by atoms with Crippen molar-refractivity contribution in [2.45, 2.75) is 0 Å². The highest BCUT2D eigenvalue weighted by Gasteiger charge is 2.20. The number of carbonyl (C=O) groups excluding carboxylic acids is 1. The van der Waals surface area contributed by atoms with Gasteiger partial charge in [0.15, 0.2) is 4.67 Å². The minimum atomic E-state index is -0.204. The molecule has 1 amide bonds. The van der Waals surface area contributed by atoms with Gasteiger partial charge in [-0.25, -0.2) is 0 Å². The van der Waals surface area contributed by atoms with Crippen LogP contribution in [0.1, 0.15) is 15.9 Å². The molecule has 0 bridgehead atoms. The summed E-state index contributed by atoms with van der Waals surface area (Å²) >= 11 is 8.18. The molecular weight excluding hydrogens is 328 g/mol. The van der Waals surface area contributed by atoms with Crippen LogP contribution in [0.3, 0.4) is 0 Å². The SMILES string of the molecule is CN(C(=O)c1ccoc1Br)c1ccccc1C(N)=S. The molecule has 0 saturated heterocycles. The van der Waals surface area contributed by atoms with E-state index in [2.05, 4.69) is 15.9 Å². The summed E-state index contributed by atoms with van der Waals surface area (Å²) in [7, 11) is 1.67. The van der Waals surface area contributed by atoms with Crippen molar-refractivity contribution in [1.29, 1.82) is 0 Å². The molecule has 0 radical (unpaired) electrons. The highest BCUT2D eigenvalue weighted by atomic mass is 79.9. The van der Waals surface area contributed by atoms with Crippen LogP contribution >= 0.6 is 28.1 Å². The van der Waals surface area contributed by atoms with Gasteiger partial charge in [-0.2, -0.15) is 0 Å². The average Bonchev–Trinajstić information content (AvgIpc) is 2.83. The average molecular weight is 339 g/mol. The number of thiocarbonyl (C=S) groups is 1. The number of rotatable bonds is 3. The highest BCUT2D eigenvalue weighted by Crippen LogP contribution is 2.24. The molecular formula is C13H11BrN2O2S. The largest absolute Gasteiger partial charge is 0.457 e. The first-order chi connectivity index (χ1) is 9.02. The molecule has 0 aliphatic heterocycles. The lowest BCUT2D eigenvalue weighted by Crippen LogP contribution is -2.28. The summed E-state index contributed by atoms with van der Waals surface area (Å²) in [5.74, 6) is -0.204. The molecule has 0 aliphatic rings. The molecule has 2 aromatic rings. The zero-order valence-electron chi connectivity index (χ0n) is 10.1. The number of halogens is 1. The van der Waals surface area contributed by atoms with E-state index in [-0.39, 0.29) is 10.9 Å². The number of anilines is 1. The van der Waals surface area contributed by atoms with Gasteiger partial charge in [-0.1, -0.05) is 24.4 Å². The monoisotopic (exact) mass is 338 g/mol. The maximum atomic E-state index is 12.4. The van der Waals surface area contributed by atoms with E-state index in [0.717, 1.165) is 0 Å². The summed E-state index contributed by atoms with van der Waals surface area (Å²) in [6.07, 6.45) is 1.45. The number of nitrogens with zero attached hydrogens (tertiary/aromatic N) is 1. The van der Waals surface area contributed by atoms with Crippen molar-refractivity contribution < 1.29 is 9.21 Å². The predicted molar refractivity (Wildman–Crippen MR) is 81.5 cm³/mol. The lowest BCUT2D eigenvalue weighted by atomic mass is 10.1. The summed E-state index contributed by atoms with van der Waals surface area (Å²) in [5, 5.41) is 0. The summed E-state index contributed by atoms with van der Waals surface area (Å²) in [6.45, 7) is 0. The van der Waals surface area contributed by atoms with Gasteiger partial charge in [-0.3, -0.25) is 4.79 Å². The molecule has 98 valence electrons. The minimum Gasteiger partial charge on any atom is -0.457 e. The van der Waals surface area contributed by atoms with E-state index in [1.165, 1.54) is 11.2 Å². The van der Waals surface area contributed by atoms with Crippen molar-refractivity contribution in [3.8, 4) is 0 Å². The first-order valence-electron chi connectivity index (χ1n) is 5.42. The van der Waals surface area contributed by atoms with Gasteiger partial charge in [0.2, 0.25) is 0 Å². The summed E-state index contributed by atoms with van der Waals surface area (Å²) in [6, 6.07) is 8.83.